The summed E-state index contributed by atoms with van der Waals surface area (Å²) in [5.41, 5.74) is 9.12. The highest BCUT2D eigenvalue weighted by Gasteiger charge is 2.28. The van der Waals surface area contributed by atoms with E-state index in [1.54, 1.807) is 11.3 Å². The van der Waals surface area contributed by atoms with Crippen molar-refractivity contribution in [3.8, 4) is 11.8 Å². The topological polar surface area (TPSA) is 40.0 Å². The summed E-state index contributed by atoms with van der Waals surface area (Å²) >= 11 is 1.78. The Hall–Kier alpha value is -7.80. The molecule has 15 rings (SSSR count). The van der Waals surface area contributed by atoms with Crippen molar-refractivity contribution < 1.29 is 0 Å². The third-order valence-corrected chi connectivity index (χ3v) is 14.3. The summed E-state index contributed by atoms with van der Waals surface area (Å²) in [6, 6.07) is 64.2. The van der Waals surface area contributed by atoms with Crippen LogP contribution in [0.2, 0.25) is 0 Å². The van der Waals surface area contributed by atoms with E-state index in [9.17, 15) is 0 Å². The zero-order valence-electron chi connectivity index (χ0n) is 31.9. The van der Waals surface area contributed by atoms with Gasteiger partial charge in [0.2, 0.25) is 5.95 Å². The van der Waals surface area contributed by atoms with Crippen LogP contribution in [0.15, 0.2) is 176 Å². The molecular weight excluding hydrogens is 751 g/mol. The first-order chi connectivity index (χ1) is 29.8. The fraction of sp³-hybridized carbons (Fsp3) is 0. The molecule has 0 saturated carbocycles. The van der Waals surface area contributed by atoms with Gasteiger partial charge in [0.1, 0.15) is 0 Å². The molecule has 6 heterocycles. The van der Waals surface area contributed by atoms with E-state index in [-0.39, 0.29) is 0 Å². The van der Waals surface area contributed by atoms with Crippen LogP contribution in [0.3, 0.4) is 0 Å². The lowest BCUT2D eigenvalue weighted by Crippen LogP contribution is -2.06. The number of nitrogens with zero attached hydrogens (tertiary/aromatic N) is 5. The molecule has 0 N–H and O–H groups in total. The Kier molecular flexibility index (Phi) is 5.74. The van der Waals surface area contributed by atoms with Gasteiger partial charge in [0.15, 0.2) is 5.82 Å². The predicted octanol–water partition coefficient (Wildman–Crippen LogP) is 14.5. The zero-order chi connectivity index (χ0) is 38.8. The summed E-state index contributed by atoms with van der Waals surface area (Å²) in [5, 5.41) is 16.0. The molecule has 0 aliphatic heterocycles. The Bertz CT molecular complexity index is 4370. The van der Waals surface area contributed by atoms with Crippen LogP contribution in [0.1, 0.15) is 0 Å². The van der Waals surface area contributed by atoms with Crippen LogP contribution >= 0.6 is 11.3 Å². The van der Waals surface area contributed by atoms with Gasteiger partial charge in [-0.2, -0.15) is 4.98 Å². The Morgan fingerprint density at radius 2 is 0.933 bits per heavy atom. The number of benzene rings is 9. The van der Waals surface area contributed by atoms with E-state index in [0.29, 0.717) is 5.95 Å². The van der Waals surface area contributed by atoms with E-state index >= 15 is 0 Å². The molecule has 0 fully saturated rings. The van der Waals surface area contributed by atoms with Crippen LogP contribution in [0.5, 0.6) is 0 Å². The lowest BCUT2D eigenvalue weighted by molar-refractivity contribution is 0.977. The van der Waals surface area contributed by atoms with Crippen LogP contribution in [-0.2, 0) is 0 Å². The van der Waals surface area contributed by atoms with Gasteiger partial charge in [0.25, 0.3) is 0 Å². The molecule has 0 radical (unpaired) electrons. The molecule has 15 aromatic rings. The maximum atomic E-state index is 5.80. The molecule has 0 amide bonds. The molecule has 276 valence electrons. The first-order valence-corrected chi connectivity index (χ1v) is 21.2. The van der Waals surface area contributed by atoms with Crippen LogP contribution in [-0.4, -0.2) is 23.5 Å². The van der Waals surface area contributed by atoms with E-state index in [1.165, 1.54) is 85.9 Å². The number of para-hydroxylation sites is 3. The zero-order valence-corrected chi connectivity index (χ0v) is 32.7. The van der Waals surface area contributed by atoms with Gasteiger partial charge < -0.3 is 4.40 Å². The van der Waals surface area contributed by atoms with Crippen LogP contribution < -0.4 is 0 Å². The van der Waals surface area contributed by atoms with Crippen LogP contribution in [0, 0.1) is 0 Å². The molecular formula is C54H29N5S. The quantitative estimate of drug-likeness (QED) is 0.175. The summed E-state index contributed by atoms with van der Waals surface area (Å²) in [7, 11) is 0. The number of hydrogen-bond acceptors (Lipinski definition) is 3. The van der Waals surface area contributed by atoms with E-state index in [1.807, 2.05) is 0 Å². The van der Waals surface area contributed by atoms with E-state index < -0.39 is 0 Å². The van der Waals surface area contributed by atoms with Crippen molar-refractivity contribution >= 4 is 135 Å². The van der Waals surface area contributed by atoms with Crippen LogP contribution in [0.4, 0.5) is 0 Å². The van der Waals surface area contributed by atoms with Crippen molar-refractivity contribution in [1.82, 2.24) is 23.5 Å². The van der Waals surface area contributed by atoms with E-state index in [0.717, 1.165) is 43.5 Å². The SMILES string of the molecule is c1ccc2c(c1)ccc1c2c2ccccc2n1-c1nc(-n2c3ccc4ccccc4c3c3c4c5ccccc5n5c6ccccc6c(cc32)c45)c2sc3ccccc3c2n1. The second kappa shape index (κ2) is 11.0. The highest BCUT2D eigenvalue weighted by atomic mass is 32.1. The summed E-state index contributed by atoms with van der Waals surface area (Å²) in [6.45, 7) is 0. The normalized spacial score (nSPS) is 12.7. The Morgan fingerprint density at radius 3 is 1.68 bits per heavy atom. The number of fused-ring (bicyclic) bond motifs is 20. The minimum atomic E-state index is 0.658. The first kappa shape index (κ1) is 31.2. The average molecular weight is 780 g/mol. The molecule has 0 unspecified atom stereocenters. The molecule has 0 spiro atoms. The largest absolute Gasteiger partial charge is 0.308 e. The molecule has 0 atom stereocenters. The maximum absolute atomic E-state index is 5.80. The third-order valence-electron chi connectivity index (χ3n) is 13.2. The summed E-state index contributed by atoms with van der Waals surface area (Å²) in [4.78, 5) is 11.4. The first-order valence-electron chi connectivity index (χ1n) is 20.4. The molecule has 9 aromatic carbocycles. The van der Waals surface area contributed by atoms with Crippen molar-refractivity contribution in [3.05, 3.63) is 176 Å². The van der Waals surface area contributed by atoms with Crippen molar-refractivity contribution in [2.24, 2.45) is 0 Å². The molecule has 6 aromatic heterocycles. The molecule has 6 heteroatoms. The number of hydrogen-bond donors (Lipinski definition) is 0. The van der Waals surface area contributed by atoms with Gasteiger partial charge in [0.05, 0.1) is 48.8 Å². The van der Waals surface area contributed by atoms with Crippen LogP contribution in [0.25, 0.3) is 135 Å². The van der Waals surface area contributed by atoms with Gasteiger partial charge in [0, 0.05) is 53.2 Å². The van der Waals surface area contributed by atoms with Gasteiger partial charge >= 0.3 is 0 Å². The number of rotatable bonds is 2. The van der Waals surface area contributed by atoms with Gasteiger partial charge in [-0.15, -0.1) is 11.3 Å². The third kappa shape index (κ3) is 3.74. The second-order valence-electron chi connectivity index (χ2n) is 16.1. The number of aromatic nitrogens is 5. The summed E-state index contributed by atoms with van der Waals surface area (Å²) < 4.78 is 9.50. The molecule has 0 bridgehead atoms. The predicted molar refractivity (Wildman–Crippen MR) is 253 cm³/mol. The molecule has 0 saturated heterocycles. The summed E-state index contributed by atoms with van der Waals surface area (Å²) in [5.74, 6) is 1.55. The Morgan fingerprint density at radius 1 is 0.367 bits per heavy atom. The van der Waals surface area contributed by atoms with Crippen molar-refractivity contribution in [2.45, 2.75) is 0 Å². The average Bonchev–Trinajstić information content (AvgIpc) is 4.10. The fourth-order valence-electron chi connectivity index (χ4n) is 10.8. The van der Waals surface area contributed by atoms with Crippen molar-refractivity contribution in [3.63, 3.8) is 0 Å². The lowest BCUT2D eigenvalue weighted by atomic mass is 9.99. The van der Waals surface area contributed by atoms with E-state index in [4.69, 9.17) is 9.97 Å². The van der Waals surface area contributed by atoms with Gasteiger partial charge in [-0.25, -0.2) is 4.98 Å². The van der Waals surface area contributed by atoms with E-state index in [2.05, 4.69) is 189 Å². The minimum absolute atomic E-state index is 0.658. The maximum Gasteiger partial charge on any atom is 0.237 e. The van der Waals surface area contributed by atoms with Gasteiger partial charge in [-0.1, -0.05) is 133 Å². The smallest absolute Gasteiger partial charge is 0.237 e. The van der Waals surface area contributed by atoms with Crippen molar-refractivity contribution in [1.29, 1.82) is 0 Å². The Balaban J connectivity index is 1.19. The molecule has 0 aliphatic rings. The molecule has 0 aliphatic carbocycles. The second-order valence-corrected chi connectivity index (χ2v) is 17.1. The molecule has 60 heavy (non-hydrogen) atoms. The highest BCUT2D eigenvalue weighted by molar-refractivity contribution is 7.26. The van der Waals surface area contributed by atoms with Gasteiger partial charge in [-0.05, 0) is 64.0 Å². The summed E-state index contributed by atoms with van der Waals surface area (Å²) in [6.07, 6.45) is 0. The minimum Gasteiger partial charge on any atom is -0.308 e. The number of thiophene rings is 1. The Labute approximate surface area is 344 Å². The van der Waals surface area contributed by atoms with Crippen molar-refractivity contribution in [2.75, 3.05) is 0 Å². The monoisotopic (exact) mass is 779 g/mol. The fourth-order valence-corrected chi connectivity index (χ4v) is 11.9. The highest BCUT2D eigenvalue weighted by Crippen LogP contribution is 2.49. The lowest BCUT2D eigenvalue weighted by Gasteiger charge is -2.13. The van der Waals surface area contributed by atoms with Gasteiger partial charge in [-0.3, -0.25) is 9.13 Å². The molecule has 5 nitrogen and oxygen atoms in total. The standard InChI is InChI=1S/C54H29N5S/c1-3-15-32-30(13-1)25-27-42-46(32)35-18-6-11-23-41(35)59(42)54-55-50-37-20-8-12-24-45(37)60-52(50)53(56-54)58-43-28-26-31-14-2-4-16-33(31)47(43)49-44(58)29-38-34-17-5-9-21-39(34)57-40-22-10-7-19-36(40)48(49)51(38)57/h1-29H.